The Bertz CT molecular complexity index is 413. The van der Waals surface area contributed by atoms with Gasteiger partial charge in [0.25, 0.3) is 0 Å². The number of aliphatic hydroxyl groups excluding tert-OH is 2. The van der Waals surface area contributed by atoms with E-state index in [4.69, 9.17) is 14.9 Å². The smallest absolute Gasteiger partial charge is 0.305 e. The number of ether oxygens (including phenoxy) is 1. The fourth-order valence-corrected chi connectivity index (χ4v) is 4.72. The van der Waals surface area contributed by atoms with Crippen LogP contribution in [-0.2, 0) is 9.53 Å². The third-order valence-corrected chi connectivity index (χ3v) is 7.13. The first-order valence-corrected chi connectivity index (χ1v) is 15.6. The molecule has 0 aromatic heterocycles. The molecule has 35 heavy (non-hydrogen) atoms. The fraction of sp³-hybridized carbons (Fsp3) is 0.968. The minimum absolute atomic E-state index is 0.102. The van der Waals surface area contributed by atoms with Crippen LogP contribution in [0.2, 0.25) is 0 Å². The van der Waals surface area contributed by atoms with Crippen LogP contribution in [0.4, 0.5) is 0 Å². The molecule has 0 spiro atoms. The van der Waals surface area contributed by atoms with Crippen molar-refractivity contribution in [2.24, 2.45) is 0 Å². The SMILES string of the molecule is CCCCCCCCCCCCCCCCCCCCCCCCCCCC(=O)OC[C@@H](O)CO. The van der Waals surface area contributed by atoms with Gasteiger partial charge in [-0.25, -0.2) is 0 Å². The van der Waals surface area contributed by atoms with Crippen molar-refractivity contribution < 1.29 is 19.7 Å². The lowest BCUT2D eigenvalue weighted by molar-refractivity contribution is -0.147. The Balaban J connectivity index is 3.09. The van der Waals surface area contributed by atoms with Gasteiger partial charge in [0.2, 0.25) is 0 Å². The van der Waals surface area contributed by atoms with Gasteiger partial charge in [-0.2, -0.15) is 0 Å². The van der Waals surface area contributed by atoms with Crippen LogP contribution in [0.25, 0.3) is 0 Å². The van der Waals surface area contributed by atoms with Gasteiger partial charge in [0, 0.05) is 6.42 Å². The Labute approximate surface area is 219 Å². The molecular weight excluding hydrogens is 436 g/mol. The minimum atomic E-state index is -0.956. The third-order valence-electron chi connectivity index (χ3n) is 7.13. The standard InChI is InChI=1S/C31H62O4/c1-2-3-4-5-6-7-8-9-10-11-12-13-14-15-16-17-18-19-20-21-22-23-24-25-26-27-31(34)35-29-30(33)28-32/h30,32-33H,2-29H2,1H3/t30-/m0/s1. The molecule has 0 saturated heterocycles. The largest absolute Gasteiger partial charge is 0.463 e. The number of rotatable bonds is 29. The average molecular weight is 499 g/mol. The molecule has 0 radical (unpaired) electrons. The van der Waals surface area contributed by atoms with Gasteiger partial charge >= 0.3 is 5.97 Å². The van der Waals surface area contributed by atoms with Crippen molar-refractivity contribution in [2.75, 3.05) is 13.2 Å². The Morgan fingerprint density at radius 1 is 0.543 bits per heavy atom. The van der Waals surface area contributed by atoms with Crippen LogP contribution < -0.4 is 0 Å². The van der Waals surface area contributed by atoms with Gasteiger partial charge in [0.1, 0.15) is 12.7 Å². The molecular formula is C31H62O4. The predicted octanol–water partition coefficient (Wildman–Crippen LogP) is 9.05. The number of hydrogen-bond acceptors (Lipinski definition) is 4. The summed E-state index contributed by atoms with van der Waals surface area (Å²) in [6.45, 7) is 1.82. The number of unbranched alkanes of at least 4 members (excludes halogenated alkanes) is 24. The quantitative estimate of drug-likeness (QED) is 0.0797. The Hall–Kier alpha value is -0.610. The lowest BCUT2D eigenvalue weighted by Crippen LogP contribution is -2.21. The number of hydrogen-bond donors (Lipinski definition) is 2. The number of carbonyl (C=O) groups excluding carboxylic acids is 1. The highest BCUT2D eigenvalue weighted by Gasteiger charge is 2.07. The molecule has 0 bridgehead atoms. The maximum atomic E-state index is 11.5. The van der Waals surface area contributed by atoms with E-state index in [0.717, 1.165) is 12.8 Å². The molecule has 0 aromatic rings. The highest BCUT2D eigenvalue weighted by Crippen LogP contribution is 2.16. The van der Waals surface area contributed by atoms with E-state index < -0.39 is 6.10 Å². The molecule has 0 rings (SSSR count). The highest BCUT2D eigenvalue weighted by molar-refractivity contribution is 5.69. The summed E-state index contributed by atoms with van der Waals surface area (Å²) < 4.78 is 4.90. The van der Waals surface area contributed by atoms with Crippen molar-refractivity contribution in [3.8, 4) is 0 Å². The first-order chi connectivity index (χ1) is 17.2. The van der Waals surface area contributed by atoms with Gasteiger partial charge in [-0.15, -0.1) is 0 Å². The molecule has 4 heteroatoms. The number of esters is 1. The zero-order valence-electron chi connectivity index (χ0n) is 23.6. The maximum absolute atomic E-state index is 11.5. The molecule has 0 heterocycles. The summed E-state index contributed by atoms with van der Waals surface area (Å²) in [5.74, 6) is -0.272. The summed E-state index contributed by atoms with van der Waals surface area (Å²) in [5, 5.41) is 17.8. The maximum Gasteiger partial charge on any atom is 0.305 e. The number of aliphatic hydroxyl groups is 2. The highest BCUT2D eigenvalue weighted by atomic mass is 16.5. The first kappa shape index (κ1) is 34.4. The molecule has 1 atom stereocenters. The molecule has 0 aliphatic carbocycles. The van der Waals surface area contributed by atoms with E-state index in [-0.39, 0.29) is 19.2 Å². The van der Waals surface area contributed by atoms with E-state index in [1.54, 1.807) is 0 Å². The third kappa shape index (κ3) is 29.5. The molecule has 0 saturated carbocycles. The Morgan fingerprint density at radius 2 is 0.829 bits per heavy atom. The molecule has 0 aliphatic heterocycles. The van der Waals surface area contributed by atoms with Crippen LogP contribution in [0, 0.1) is 0 Å². The van der Waals surface area contributed by atoms with Gasteiger partial charge in [-0.05, 0) is 6.42 Å². The molecule has 210 valence electrons. The summed E-state index contributed by atoms with van der Waals surface area (Å²) in [6.07, 6.45) is 33.7. The van der Waals surface area contributed by atoms with Crippen LogP contribution in [0.5, 0.6) is 0 Å². The fourth-order valence-electron chi connectivity index (χ4n) is 4.72. The summed E-state index contributed by atoms with van der Waals surface area (Å²) >= 11 is 0. The Morgan fingerprint density at radius 3 is 1.11 bits per heavy atom. The van der Waals surface area contributed by atoms with Crippen molar-refractivity contribution in [1.29, 1.82) is 0 Å². The van der Waals surface area contributed by atoms with Crippen molar-refractivity contribution in [3.05, 3.63) is 0 Å². The van der Waals surface area contributed by atoms with E-state index in [1.807, 2.05) is 0 Å². The average Bonchev–Trinajstić information content (AvgIpc) is 2.87. The second-order valence-corrected chi connectivity index (χ2v) is 10.8. The topological polar surface area (TPSA) is 66.8 Å². The van der Waals surface area contributed by atoms with Crippen molar-refractivity contribution in [2.45, 2.75) is 180 Å². The van der Waals surface area contributed by atoms with Crippen LogP contribution in [0.15, 0.2) is 0 Å². The van der Waals surface area contributed by atoms with Gasteiger partial charge in [-0.3, -0.25) is 4.79 Å². The predicted molar refractivity (Wildman–Crippen MR) is 150 cm³/mol. The molecule has 0 aromatic carbocycles. The molecule has 0 fully saturated rings. The summed E-state index contributed by atoms with van der Waals surface area (Å²) in [4.78, 5) is 11.5. The van der Waals surface area contributed by atoms with Gasteiger partial charge in [-0.1, -0.05) is 161 Å². The minimum Gasteiger partial charge on any atom is -0.463 e. The second-order valence-electron chi connectivity index (χ2n) is 10.8. The van der Waals surface area contributed by atoms with E-state index >= 15 is 0 Å². The summed E-state index contributed by atoms with van der Waals surface area (Å²) in [6, 6.07) is 0. The van der Waals surface area contributed by atoms with Crippen molar-refractivity contribution in [1.82, 2.24) is 0 Å². The summed E-state index contributed by atoms with van der Waals surface area (Å²) in [5.41, 5.74) is 0. The van der Waals surface area contributed by atoms with E-state index in [1.165, 1.54) is 148 Å². The van der Waals surface area contributed by atoms with Crippen LogP contribution in [0.1, 0.15) is 174 Å². The van der Waals surface area contributed by atoms with Crippen LogP contribution in [0.3, 0.4) is 0 Å². The lowest BCUT2D eigenvalue weighted by Gasteiger charge is -2.08. The van der Waals surface area contributed by atoms with E-state index in [2.05, 4.69) is 6.92 Å². The molecule has 0 aliphatic rings. The zero-order chi connectivity index (χ0) is 25.7. The van der Waals surface area contributed by atoms with Crippen LogP contribution >= 0.6 is 0 Å². The second kappa shape index (κ2) is 29.6. The zero-order valence-corrected chi connectivity index (χ0v) is 23.6. The van der Waals surface area contributed by atoms with Gasteiger partial charge < -0.3 is 14.9 Å². The van der Waals surface area contributed by atoms with Crippen LogP contribution in [-0.4, -0.2) is 35.5 Å². The lowest BCUT2D eigenvalue weighted by atomic mass is 10.0. The molecule has 2 N–H and O–H groups in total. The van der Waals surface area contributed by atoms with E-state index in [9.17, 15) is 4.79 Å². The van der Waals surface area contributed by atoms with E-state index in [0.29, 0.717) is 6.42 Å². The summed E-state index contributed by atoms with van der Waals surface area (Å²) in [7, 11) is 0. The Kier molecular flexibility index (Phi) is 29.1. The van der Waals surface area contributed by atoms with Gasteiger partial charge in [0.15, 0.2) is 0 Å². The molecule has 4 nitrogen and oxygen atoms in total. The van der Waals surface area contributed by atoms with Crippen molar-refractivity contribution in [3.63, 3.8) is 0 Å². The van der Waals surface area contributed by atoms with Gasteiger partial charge in [0.05, 0.1) is 6.61 Å². The normalized spacial score (nSPS) is 12.2. The molecule has 0 unspecified atom stereocenters. The molecule has 0 amide bonds. The monoisotopic (exact) mass is 498 g/mol. The van der Waals surface area contributed by atoms with Crippen molar-refractivity contribution >= 4 is 5.97 Å². The number of carbonyl (C=O) groups is 1. The first-order valence-electron chi connectivity index (χ1n) is 15.6.